The van der Waals surface area contributed by atoms with Crippen molar-refractivity contribution in [2.75, 3.05) is 39.9 Å². The molecule has 1 fully saturated rings. The van der Waals surface area contributed by atoms with E-state index in [1.54, 1.807) is 23.5 Å². The molecule has 2 N–H and O–H groups in total. The summed E-state index contributed by atoms with van der Waals surface area (Å²) in [6.07, 6.45) is 2.93. The Balaban J connectivity index is 0.00000480. The van der Waals surface area contributed by atoms with Crippen LogP contribution in [-0.2, 0) is 21.3 Å². The Morgan fingerprint density at radius 3 is 2.58 bits per heavy atom. The second-order valence-corrected chi connectivity index (χ2v) is 10.4. The summed E-state index contributed by atoms with van der Waals surface area (Å²) >= 11 is 0. The van der Waals surface area contributed by atoms with Crippen molar-refractivity contribution in [2.45, 2.75) is 51.5 Å². The molecule has 2 rings (SSSR count). The second-order valence-electron chi connectivity index (χ2n) is 8.43. The van der Waals surface area contributed by atoms with Crippen LogP contribution in [0.25, 0.3) is 0 Å². The molecule has 1 saturated heterocycles. The van der Waals surface area contributed by atoms with Gasteiger partial charge in [0.05, 0.1) is 4.90 Å². The molecule has 1 aromatic carbocycles. The molecule has 1 atom stereocenters. The molecule has 178 valence electrons. The van der Waals surface area contributed by atoms with E-state index in [1.807, 2.05) is 12.1 Å². The zero-order chi connectivity index (χ0) is 22.0. The number of nitrogens with one attached hydrogen (secondary N) is 2. The fraction of sp³-hybridized carbons (Fsp3) is 0.682. The number of sulfonamides is 1. The van der Waals surface area contributed by atoms with Crippen molar-refractivity contribution in [2.24, 2.45) is 16.8 Å². The largest absolute Gasteiger partial charge is 0.381 e. The average molecular weight is 567 g/mol. The van der Waals surface area contributed by atoms with E-state index >= 15 is 0 Å². The quantitative estimate of drug-likeness (QED) is 0.196. The molecule has 0 spiro atoms. The van der Waals surface area contributed by atoms with Crippen molar-refractivity contribution < 1.29 is 13.2 Å². The standard InChI is InChI=1S/C22H38N4O3S.HI/c1-18(2)17-29-14-6-12-24-22(23-4)25-15-20-8-10-21(11-9-20)30(27,28)26-13-5-7-19(3)16-26;/h8-11,18-19H,5-7,12-17H2,1-4H3,(H2,23,24,25);1H. The van der Waals surface area contributed by atoms with E-state index in [0.29, 0.717) is 36.4 Å². The van der Waals surface area contributed by atoms with Gasteiger partial charge in [0.25, 0.3) is 0 Å². The van der Waals surface area contributed by atoms with Crippen molar-refractivity contribution in [3.05, 3.63) is 29.8 Å². The van der Waals surface area contributed by atoms with Gasteiger partial charge in [0.2, 0.25) is 10.0 Å². The molecular formula is C22H39IN4O3S. The van der Waals surface area contributed by atoms with Crippen LogP contribution in [0.1, 0.15) is 45.6 Å². The summed E-state index contributed by atoms with van der Waals surface area (Å²) in [5, 5.41) is 6.53. The first-order valence-electron chi connectivity index (χ1n) is 10.9. The van der Waals surface area contributed by atoms with Crippen molar-refractivity contribution in [3.8, 4) is 0 Å². The predicted octanol–water partition coefficient (Wildman–Crippen LogP) is 3.45. The van der Waals surface area contributed by atoms with E-state index in [-0.39, 0.29) is 24.0 Å². The third-order valence-corrected chi connectivity index (χ3v) is 6.95. The highest BCUT2D eigenvalue weighted by molar-refractivity contribution is 14.0. The Hall–Kier alpha value is -0.910. The van der Waals surface area contributed by atoms with E-state index in [2.05, 4.69) is 36.4 Å². The summed E-state index contributed by atoms with van der Waals surface area (Å²) in [6, 6.07) is 7.13. The minimum absolute atomic E-state index is 0. The number of aliphatic imine (C=N–C) groups is 1. The van der Waals surface area contributed by atoms with Gasteiger partial charge in [-0.3, -0.25) is 4.99 Å². The molecule has 0 aliphatic carbocycles. The first-order valence-corrected chi connectivity index (χ1v) is 12.4. The summed E-state index contributed by atoms with van der Waals surface area (Å²) in [5.74, 6) is 1.69. The lowest BCUT2D eigenvalue weighted by Crippen LogP contribution is -2.39. The Bertz CT molecular complexity index is 769. The molecule has 31 heavy (non-hydrogen) atoms. The summed E-state index contributed by atoms with van der Waals surface area (Å²) in [7, 11) is -1.67. The highest BCUT2D eigenvalue weighted by atomic mass is 127. The molecule has 1 aromatic rings. The van der Waals surface area contributed by atoms with E-state index in [1.165, 1.54) is 0 Å². The van der Waals surface area contributed by atoms with Gasteiger partial charge in [0, 0.05) is 46.4 Å². The average Bonchev–Trinajstić information content (AvgIpc) is 2.72. The summed E-state index contributed by atoms with van der Waals surface area (Å²) < 4.78 is 32.9. The molecule has 1 aliphatic rings. The first-order chi connectivity index (χ1) is 14.3. The van der Waals surface area contributed by atoms with Gasteiger partial charge in [0.1, 0.15) is 0 Å². The minimum Gasteiger partial charge on any atom is -0.381 e. The van der Waals surface area contributed by atoms with E-state index in [4.69, 9.17) is 4.74 Å². The molecule has 7 nitrogen and oxygen atoms in total. The van der Waals surface area contributed by atoms with Gasteiger partial charge in [-0.2, -0.15) is 4.31 Å². The maximum absolute atomic E-state index is 12.9. The molecule has 9 heteroatoms. The number of guanidine groups is 1. The number of ether oxygens (including phenoxy) is 1. The van der Waals surface area contributed by atoms with Gasteiger partial charge in [-0.25, -0.2) is 8.42 Å². The van der Waals surface area contributed by atoms with E-state index in [9.17, 15) is 8.42 Å². The lowest BCUT2D eigenvalue weighted by atomic mass is 10.0. The highest BCUT2D eigenvalue weighted by Crippen LogP contribution is 2.23. The monoisotopic (exact) mass is 566 g/mol. The number of hydrogen-bond donors (Lipinski definition) is 2. The van der Waals surface area contributed by atoms with Crippen LogP contribution in [0.3, 0.4) is 0 Å². The molecule has 0 amide bonds. The van der Waals surface area contributed by atoms with Gasteiger partial charge < -0.3 is 15.4 Å². The van der Waals surface area contributed by atoms with Crippen molar-refractivity contribution in [3.63, 3.8) is 0 Å². The molecule has 0 bridgehead atoms. The fourth-order valence-corrected chi connectivity index (χ4v) is 5.00. The number of benzene rings is 1. The zero-order valence-corrected chi connectivity index (χ0v) is 22.4. The number of piperidine rings is 1. The number of nitrogens with zero attached hydrogens (tertiary/aromatic N) is 2. The SMILES string of the molecule is CN=C(NCCCOCC(C)C)NCc1ccc(S(=O)(=O)N2CCCC(C)C2)cc1.I. The van der Waals surface area contributed by atoms with Crippen LogP contribution in [0.5, 0.6) is 0 Å². The van der Waals surface area contributed by atoms with E-state index < -0.39 is 10.0 Å². The van der Waals surface area contributed by atoms with Gasteiger partial charge >= 0.3 is 0 Å². The van der Waals surface area contributed by atoms with Crippen LogP contribution in [0.15, 0.2) is 34.2 Å². The number of hydrogen-bond acceptors (Lipinski definition) is 4. The molecule has 1 unspecified atom stereocenters. The van der Waals surface area contributed by atoms with Crippen molar-refractivity contribution in [1.82, 2.24) is 14.9 Å². The van der Waals surface area contributed by atoms with Gasteiger partial charge in [-0.15, -0.1) is 24.0 Å². The minimum atomic E-state index is -3.41. The van der Waals surface area contributed by atoms with Crippen LogP contribution in [-0.4, -0.2) is 58.6 Å². The Labute approximate surface area is 205 Å². The lowest BCUT2D eigenvalue weighted by molar-refractivity contribution is 0.108. The second kappa shape index (κ2) is 14.3. The van der Waals surface area contributed by atoms with Crippen LogP contribution in [0, 0.1) is 11.8 Å². The molecule has 1 aliphatic heterocycles. The van der Waals surface area contributed by atoms with Crippen LogP contribution >= 0.6 is 24.0 Å². The zero-order valence-electron chi connectivity index (χ0n) is 19.3. The van der Waals surface area contributed by atoms with Gasteiger partial charge in [-0.1, -0.05) is 32.9 Å². The summed E-state index contributed by atoms with van der Waals surface area (Å²) in [4.78, 5) is 4.59. The molecular weight excluding hydrogens is 527 g/mol. The lowest BCUT2D eigenvalue weighted by Gasteiger charge is -2.30. The fourth-order valence-electron chi connectivity index (χ4n) is 3.40. The third kappa shape index (κ3) is 9.63. The van der Waals surface area contributed by atoms with Gasteiger partial charge in [-0.05, 0) is 48.8 Å². The third-order valence-electron chi connectivity index (χ3n) is 5.07. The molecule has 0 saturated carbocycles. The Morgan fingerprint density at radius 1 is 1.26 bits per heavy atom. The predicted molar refractivity (Wildman–Crippen MR) is 137 cm³/mol. The summed E-state index contributed by atoms with van der Waals surface area (Å²) in [6.45, 7) is 10.5. The number of halogens is 1. The molecule has 1 heterocycles. The summed E-state index contributed by atoms with van der Waals surface area (Å²) in [5.41, 5.74) is 1.00. The van der Waals surface area contributed by atoms with Crippen molar-refractivity contribution in [1.29, 1.82) is 0 Å². The first kappa shape index (κ1) is 28.1. The molecule has 0 aromatic heterocycles. The van der Waals surface area contributed by atoms with Crippen LogP contribution in [0.2, 0.25) is 0 Å². The topological polar surface area (TPSA) is 83.0 Å². The highest BCUT2D eigenvalue weighted by Gasteiger charge is 2.28. The molecule has 0 radical (unpaired) electrons. The smallest absolute Gasteiger partial charge is 0.243 e. The van der Waals surface area contributed by atoms with Crippen LogP contribution < -0.4 is 10.6 Å². The number of rotatable bonds is 10. The van der Waals surface area contributed by atoms with Gasteiger partial charge in [0.15, 0.2) is 5.96 Å². The Morgan fingerprint density at radius 2 is 1.97 bits per heavy atom. The normalized spacial score (nSPS) is 18.0. The van der Waals surface area contributed by atoms with E-state index in [0.717, 1.165) is 50.5 Å². The van der Waals surface area contributed by atoms with Crippen molar-refractivity contribution >= 4 is 40.0 Å². The Kier molecular flexibility index (Phi) is 13.0. The maximum atomic E-state index is 12.9. The maximum Gasteiger partial charge on any atom is 0.243 e. The van der Waals surface area contributed by atoms with Crippen LogP contribution in [0.4, 0.5) is 0 Å².